The Kier molecular flexibility index (Phi) is 8.83. The van der Waals surface area contributed by atoms with E-state index in [1.807, 2.05) is 43.3 Å². The van der Waals surface area contributed by atoms with Crippen molar-refractivity contribution in [2.24, 2.45) is 0 Å². The number of ether oxygens (including phenoxy) is 2. The second-order valence-corrected chi connectivity index (χ2v) is 10.5. The highest BCUT2D eigenvalue weighted by Gasteiger charge is 2.19. The zero-order valence-electron chi connectivity index (χ0n) is 21.1. The van der Waals surface area contributed by atoms with Crippen LogP contribution in [-0.4, -0.2) is 37.4 Å². The Morgan fingerprint density at radius 3 is 2.42 bits per heavy atom. The predicted molar refractivity (Wildman–Crippen MR) is 146 cm³/mol. The molecule has 0 unspecified atom stereocenters. The fraction of sp³-hybridized carbons (Fsp3) is 0.214. The summed E-state index contributed by atoms with van der Waals surface area (Å²) in [5.74, 6) is 0.0698. The summed E-state index contributed by atoms with van der Waals surface area (Å²) in [5.41, 5.74) is 3.06. The van der Waals surface area contributed by atoms with Crippen LogP contribution in [0.25, 0.3) is 16.9 Å². The first-order chi connectivity index (χ1) is 18.3. The maximum Gasteiger partial charge on any atom is 0.338 e. The molecule has 0 atom stereocenters. The fourth-order valence-corrected chi connectivity index (χ4v) is 4.95. The molecule has 198 valence electrons. The lowest BCUT2D eigenvalue weighted by Gasteiger charge is -2.10. The van der Waals surface area contributed by atoms with Crippen LogP contribution >= 0.6 is 11.6 Å². The largest absolute Gasteiger partial charge is 0.492 e. The second kappa shape index (κ2) is 12.3. The van der Waals surface area contributed by atoms with Crippen LogP contribution in [0.1, 0.15) is 36.2 Å². The molecule has 0 aliphatic rings. The highest BCUT2D eigenvalue weighted by atomic mass is 35.5. The summed E-state index contributed by atoms with van der Waals surface area (Å²) in [6, 6.07) is 20.5. The van der Waals surface area contributed by atoms with Gasteiger partial charge in [0.1, 0.15) is 5.75 Å². The number of carbonyl (C=O) groups is 1. The number of rotatable bonds is 11. The number of nitrogens with zero attached hydrogens (tertiary/aromatic N) is 2. The van der Waals surface area contributed by atoms with Gasteiger partial charge in [-0.1, -0.05) is 36.7 Å². The van der Waals surface area contributed by atoms with Gasteiger partial charge in [0.05, 0.1) is 40.1 Å². The first-order valence-corrected chi connectivity index (χ1v) is 14.0. The van der Waals surface area contributed by atoms with Gasteiger partial charge in [-0.05, 0) is 67.9 Å². The third kappa shape index (κ3) is 6.42. The first kappa shape index (κ1) is 27.4. The van der Waals surface area contributed by atoms with Crippen molar-refractivity contribution in [3.05, 3.63) is 95.1 Å². The minimum Gasteiger partial charge on any atom is -0.492 e. The van der Waals surface area contributed by atoms with Gasteiger partial charge in [0.25, 0.3) is 0 Å². The minimum absolute atomic E-state index is 0.0180. The number of hydrogen-bond donors (Lipinski definition) is 1. The molecule has 0 amide bonds. The molecule has 0 bridgehead atoms. The molecule has 1 N–H and O–H groups in total. The SMILES string of the molecule is CCCOc1ccc(-c2nn(-c3ccccc3)cc2CNS(=O)(=O)c2ccc(C(=O)OCC)cc2)cc1Cl. The Morgan fingerprint density at radius 1 is 1.03 bits per heavy atom. The summed E-state index contributed by atoms with van der Waals surface area (Å²) in [6.45, 7) is 4.49. The van der Waals surface area contributed by atoms with Gasteiger partial charge in [0.15, 0.2) is 0 Å². The molecule has 0 saturated carbocycles. The van der Waals surface area contributed by atoms with Crippen molar-refractivity contribution in [2.75, 3.05) is 13.2 Å². The van der Waals surface area contributed by atoms with Crippen LogP contribution in [0.5, 0.6) is 5.75 Å². The number of sulfonamides is 1. The smallest absolute Gasteiger partial charge is 0.338 e. The Labute approximate surface area is 227 Å². The van der Waals surface area contributed by atoms with E-state index in [0.29, 0.717) is 28.6 Å². The van der Waals surface area contributed by atoms with Crippen molar-refractivity contribution < 1.29 is 22.7 Å². The number of aromatic nitrogens is 2. The van der Waals surface area contributed by atoms with E-state index in [-0.39, 0.29) is 23.6 Å². The molecule has 4 rings (SSSR count). The lowest BCUT2D eigenvalue weighted by Crippen LogP contribution is -2.23. The lowest BCUT2D eigenvalue weighted by molar-refractivity contribution is 0.0526. The molecule has 0 fully saturated rings. The summed E-state index contributed by atoms with van der Waals surface area (Å²) in [7, 11) is -3.88. The third-order valence-corrected chi connectivity index (χ3v) is 7.32. The molecule has 1 heterocycles. The quantitative estimate of drug-likeness (QED) is 0.241. The Balaban J connectivity index is 1.62. The number of hydrogen-bond acceptors (Lipinski definition) is 6. The molecular weight excluding hydrogens is 526 g/mol. The van der Waals surface area contributed by atoms with E-state index < -0.39 is 16.0 Å². The molecule has 0 radical (unpaired) electrons. The van der Waals surface area contributed by atoms with Gasteiger partial charge in [0.2, 0.25) is 10.0 Å². The summed E-state index contributed by atoms with van der Waals surface area (Å²) >= 11 is 6.47. The summed E-state index contributed by atoms with van der Waals surface area (Å²) in [4.78, 5) is 11.9. The van der Waals surface area contributed by atoms with Crippen molar-refractivity contribution in [1.82, 2.24) is 14.5 Å². The van der Waals surface area contributed by atoms with Gasteiger partial charge in [0, 0.05) is 23.9 Å². The van der Waals surface area contributed by atoms with Crippen molar-refractivity contribution in [2.45, 2.75) is 31.7 Å². The molecule has 0 aliphatic heterocycles. The van der Waals surface area contributed by atoms with Gasteiger partial charge in [-0.15, -0.1) is 0 Å². The van der Waals surface area contributed by atoms with Crippen molar-refractivity contribution >= 4 is 27.6 Å². The van der Waals surface area contributed by atoms with Crippen LogP contribution in [0.3, 0.4) is 0 Å². The maximum atomic E-state index is 13.0. The number of benzene rings is 3. The molecule has 1 aromatic heterocycles. The van der Waals surface area contributed by atoms with Crippen LogP contribution in [0.4, 0.5) is 0 Å². The lowest BCUT2D eigenvalue weighted by atomic mass is 10.1. The monoisotopic (exact) mass is 553 g/mol. The Morgan fingerprint density at radius 2 is 1.76 bits per heavy atom. The Bertz CT molecular complexity index is 1500. The van der Waals surface area contributed by atoms with Crippen LogP contribution < -0.4 is 9.46 Å². The number of halogens is 1. The third-order valence-electron chi connectivity index (χ3n) is 5.61. The number of nitrogens with one attached hydrogen (secondary N) is 1. The molecule has 0 aliphatic carbocycles. The molecule has 10 heteroatoms. The number of esters is 1. The molecule has 8 nitrogen and oxygen atoms in total. The highest BCUT2D eigenvalue weighted by Crippen LogP contribution is 2.32. The van der Waals surface area contributed by atoms with Crippen LogP contribution in [-0.2, 0) is 21.3 Å². The first-order valence-electron chi connectivity index (χ1n) is 12.2. The molecule has 4 aromatic rings. The van der Waals surface area contributed by atoms with Gasteiger partial charge >= 0.3 is 5.97 Å². The van der Waals surface area contributed by atoms with Gasteiger partial charge in [-0.3, -0.25) is 0 Å². The number of para-hydroxylation sites is 1. The normalized spacial score (nSPS) is 11.3. The van der Waals surface area contributed by atoms with E-state index in [2.05, 4.69) is 4.72 Å². The van der Waals surface area contributed by atoms with E-state index in [9.17, 15) is 13.2 Å². The van der Waals surface area contributed by atoms with Crippen LogP contribution in [0.15, 0.2) is 83.9 Å². The van der Waals surface area contributed by atoms with E-state index >= 15 is 0 Å². The van der Waals surface area contributed by atoms with Crippen molar-refractivity contribution in [1.29, 1.82) is 0 Å². The zero-order valence-corrected chi connectivity index (χ0v) is 22.6. The van der Waals surface area contributed by atoms with E-state index in [0.717, 1.165) is 17.7 Å². The standard InChI is InChI=1S/C28H28ClN3O5S/c1-3-16-37-26-15-12-21(17-25(26)29)27-22(19-32(31-27)23-8-6-5-7-9-23)18-30-38(34,35)24-13-10-20(11-14-24)28(33)36-4-2/h5-15,17,19,30H,3-4,16,18H2,1-2H3. The maximum absolute atomic E-state index is 13.0. The van der Waals surface area contributed by atoms with Crippen LogP contribution in [0, 0.1) is 0 Å². The summed E-state index contributed by atoms with van der Waals surface area (Å²) in [5, 5.41) is 5.18. The van der Waals surface area contributed by atoms with Gasteiger partial charge in [-0.25, -0.2) is 22.6 Å². The van der Waals surface area contributed by atoms with Gasteiger partial charge < -0.3 is 9.47 Å². The topological polar surface area (TPSA) is 99.5 Å². The van der Waals surface area contributed by atoms with Gasteiger partial charge in [-0.2, -0.15) is 5.10 Å². The highest BCUT2D eigenvalue weighted by molar-refractivity contribution is 7.89. The van der Waals surface area contributed by atoms with Crippen molar-refractivity contribution in [3.8, 4) is 22.7 Å². The molecule has 0 spiro atoms. The molecule has 0 saturated heterocycles. The summed E-state index contributed by atoms with van der Waals surface area (Å²) in [6.07, 6.45) is 2.64. The zero-order chi connectivity index (χ0) is 27.1. The minimum atomic E-state index is -3.88. The number of carbonyl (C=O) groups excluding carboxylic acids is 1. The summed E-state index contributed by atoms with van der Waals surface area (Å²) < 4.78 is 41.1. The Hall–Kier alpha value is -3.66. The van der Waals surface area contributed by atoms with E-state index in [4.69, 9.17) is 26.2 Å². The van der Waals surface area contributed by atoms with Crippen LogP contribution in [0.2, 0.25) is 5.02 Å². The molecular formula is C28H28ClN3O5S. The molecule has 38 heavy (non-hydrogen) atoms. The van der Waals surface area contributed by atoms with E-state index in [1.165, 1.54) is 24.3 Å². The average molecular weight is 554 g/mol. The van der Waals surface area contributed by atoms with Crippen molar-refractivity contribution in [3.63, 3.8) is 0 Å². The second-order valence-electron chi connectivity index (χ2n) is 8.35. The average Bonchev–Trinajstić information content (AvgIpc) is 3.36. The fourth-order valence-electron chi connectivity index (χ4n) is 3.71. The van der Waals surface area contributed by atoms with E-state index in [1.54, 1.807) is 29.9 Å². The molecule has 3 aromatic carbocycles. The predicted octanol–water partition coefficient (Wildman–Crippen LogP) is 5.64.